The van der Waals surface area contributed by atoms with Crippen molar-refractivity contribution in [2.24, 2.45) is 11.8 Å². The molecule has 3 N–H and O–H groups in total. The van der Waals surface area contributed by atoms with Gasteiger partial charge >= 0.3 is 0 Å². The molecule has 0 aliphatic heterocycles. The standard InChI is InChI=1S/C14H24N2/c1-10(2)13(16-15)11-8-6-7-9-12(11)14(3,4)5/h6-10,13,16H,15H2,1-5H3. The fourth-order valence-corrected chi connectivity index (χ4v) is 2.09. The van der Waals surface area contributed by atoms with Crippen LogP contribution < -0.4 is 11.3 Å². The Morgan fingerprint density at radius 3 is 2.12 bits per heavy atom. The first-order valence-corrected chi connectivity index (χ1v) is 5.93. The van der Waals surface area contributed by atoms with Crippen LogP contribution in [0.2, 0.25) is 0 Å². The maximum Gasteiger partial charge on any atom is 0.0485 e. The van der Waals surface area contributed by atoms with Crippen LogP contribution in [-0.4, -0.2) is 0 Å². The van der Waals surface area contributed by atoms with E-state index in [1.165, 1.54) is 11.1 Å². The Morgan fingerprint density at radius 1 is 1.12 bits per heavy atom. The molecule has 16 heavy (non-hydrogen) atoms. The molecule has 0 aliphatic carbocycles. The van der Waals surface area contributed by atoms with Crippen molar-refractivity contribution in [3.05, 3.63) is 35.4 Å². The average Bonchev–Trinajstić information content (AvgIpc) is 2.17. The Labute approximate surface area is 99.2 Å². The van der Waals surface area contributed by atoms with Crippen molar-refractivity contribution in [1.82, 2.24) is 5.43 Å². The highest BCUT2D eigenvalue weighted by Crippen LogP contribution is 2.32. The van der Waals surface area contributed by atoms with Crippen LogP contribution in [-0.2, 0) is 5.41 Å². The van der Waals surface area contributed by atoms with Crippen molar-refractivity contribution >= 4 is 0 Å². The van der Waals surface area contributed by atoms with Crippen molar-refractivity contribution in [1.29, 1.82) is 0 Å². The molecule has 2 heteroatoms. The highest BCUT2D eigenvalue weighted by molar-refractivity contribution is 5.35. The summed E-state index contributed by atoms with van der Waals surface area (Å²) in [5.41, 5.74) is 5.76. The maximum atomic E-state index is 5.67. The summed E-state index contributed by atoms with van der Waals surface area (Å²) in [6.07, 6.45) is 0. The number of nitrogens with two attached hydrogens (primary N) is 1. The van der Waals surface area contributed by atoms with Gasteiger partial charge in [0.2, 0.25) is 0 Å². The quantitative estimate of drug-likeness (QED) is 0.606. The van der Waals surface area contributed by atoms with Crippen LogP contribution in [0.25, 0.3) is 0 Å². The van der Waals surface area contributed by atoms with Gasteiger partial charge < -0.3 is 0 Å². The van der Waals surface area contributed by atoms with Crippen LogP contribution in [0.5, 0.6) is 0 Å². The van der Waals surface area contributed by atoms with Gasteiger partial charge in [-0.25, -0.2) is 0 Å². The SMILES string of the molecule is CC(C)C(NN)c1ccccc1C(C)(C)C. The number of benzene rings is 1. The molecule has 0 aromatic heterocycles. The van der Waals surface area contributed by atoms with E-state index in [9.17, 15) is 0 Å². The molecule has 0 radical (unpaired) electrons. The second-order valence-corrected chi connectivity index (χ2v) is 5.73. The van der Waals surface area contributed by atoms with Gasteiger partial charge in [-0.1, -0.05) is 58.9 Å². The van der Waals surface area contributed by atoms with Crippen molar-refractivity contribution in [3.63, 3.8) is 0 Å². The van der Waals surface area contributed by atoms with E-state index in [0.717, 1.165) is 0 Å². The topological polar surface area (TPSA) is 38.0 Å². The molecule has 0 bridgehead atoms. The Balaban J connectivity index is 3.22. The lowest BCUT2D eigenvalue weighted by atomic mass is 9.80. The smallest absolute Gasteiger partial charge is 0.0485 e. The van der Waals surface area contributed by atoms with Gasteiger partial charge in [0.05, 0.1) is 0 Å². The molecule has 0 fully saturated rings. The first kappa shape index (κ1) is 13.2. The Kier molecular flexibility index (Phi) is 4.11. The summed E-state index contributed by atoms with van der Waals surface area (Å²) in [6, 6.07) is 8.76. The molecule has 2 nitrogen and oxygen atoms in total. The van der Waals surface area contributed by atoms with Crippen molar-refractivity contribution in [2.45, 2.75) is 46.1 Å². The normalized spacial score (nSPS) is 14.2. The first-order valence-electron chi connectivity index (χ1n) is 5.93. The predicted octanol–water partition coefficient (Wildman–Crippen LogP) is 3.14. The lowest BCUT2D eigenvalue weighted by molar-refractivity contribution is 0.411. The van der Waals surface area contributed by atoms with Gasteiger partial charge in [0.25, 0.3) is 0 Å². The number of rotatable bonds is 3. The zero-order valence-electron chi connectivity index (χ0n) is 11.0. The fraction of sp³-hybridized carbons (Fsp3) is 0.571. The van der Waals surface area contributed by atoms with Gasteiger partial charge in [0, 0.05) is 6.04 Å². The molecule has 1 rings (SSSR count). The zero-order valence-corrected chi connectivity index (χ0v) is 11.0. The first-order chi connectivity index (χ1) is 7.38. The highest BCUT2D eigenvalue weighted by atomic mass is 15.2. The van der Waals surface area contributed by atoms with Crippen LogP contribution >= 0.6 is 0 Å². The zero-order chi connectivity index (χ0) is 12.3. The van der Waals surface area contributed by atoms with E-state index >= 15 is 0 Å². The van der Waals surface area contributed by atoms with E-state index in [-0.39, 0.29) is 11.5 Å². The van der Waals surface area contributed by atoms with E-state index in [2.05, 4.69) is 64.3 Å². The molecule has 0 spiro atoms. The molecular weight excluding hydrogens is 196 g/mol. The summed E-state index contributed by atoms with van der Waals surface area (Å²) in [6.45, 7) is 11.1. The monoisotopic (exact) mass is 220 g/mol. The third kappa shape index (κ3) is 2.83. The van der Waals surface area contributed by atoms with E-state index in [0.29, 0.717) is 5.92 Å². The summed E-state index contributed by atoms with van der Waals surface area (Å²) in [5.74, 6) is 6.15. The molecule has 1 atom stereocenters. The lowest BCUT2D eigenvalue weighted by Gasteiger charge is -2.29. The third-order valence-electron chi connectivity index (χ3n) is 2.95. The molecule has 0 saturated heterocycles. The average molecular weight is 220 g/mol. The van der Waals surface area contributed by atoms with E-state index in [1.807, 2.05) is 0 Å². The number of nitrogens with one attached hydrogen (secondary N) is 1. The van der Waals surface area contributed by atoms with Crippen LogP contribution in [0, 0.1) is 5.92 Å². The summed E-state index contributed by atoms with van der Waals surface area (Å²) >= 11 is 0. The minimum Gasteiger partial charge on any atom is -0.271 e. The molecule has 1 aromatic carbocycles. The Hall–Kier alpha value is -0.860. The molecular formula is C14H24N2. The lowest BCUT2D eigenvalue weighted by Crippen LogP contribution is -2.33. The van der Waals surface area contributed by atoms with Crippen LogP contribution in [0.3, 0.4) is 0 Å². The van der Waals surface area contributed by atoms with E-state index in [4.69, 9.17) is 5.84 Å². The largest absolute Gasteiger partial charge is 0.271 e. The van der Waals surface area contributed by atoms with E-state index < -0.39 is 0 Å². The number of hydrazine groups is 1. The fourth-order valence-electron chi connectivity index (χ4n) is 2.09. The van der Waals surface area contributed by atoms with Gasteiger partial charge in [-0.2, -0.15) is 0 Å². The molecule has 0 amide bonds. The number of hydrogen-bond donors (Lipinski definition) is 2. The Morgan fingerprint density at radius 2 is 1.69 bits per heavy atom. The molecule has 90 valence electrons. The van der Waals surface area contributed by atoms with Gasteiger partial charge in [-0.3, -0.25) is 11.3 Å². The second kappa shape index (κ2) is 4.98. The van der Waals surface area contributed by atoms with Crippen molar-refractivity contribution in [3.8, 4) is 0 Å². The third-order valence-corrected chi connectivity index (χ3v) is 2.95. The molecule has 0 aliphatic rings. The van der Waals surface area contributed by atoms with Crippen molar-refractivity contribution in [2.75, 3.05) is 0 Å². The van der Waals surface area contributed by atoms with Gasteiger partial charge in [-0.05, 0) is 22.5 Å². The van der Waals surface area contributed by atoms with Gasteiger partial charge in [0.15, 0.2) is 0 Å². The minimum atomic E-state index is 0.153. The van der Waals surface area contributed by atoms with Gasteiger partial charge in [0.1, 0.15) is 0 Å². The molecule has 1 unspecified atom stereocenters. The van der Waals surface area contributed by atoms with E-state index in [1.54, 1.807) is 0 Å². The predicted molar refractivity (Wildman–Crippen MR) is 70.0 cm³/mol. The number of hydrogen-bond acceptors (Lipinski definition) is 2. The van der Waals surface area contributed by atoms with Crippen molar-refractivity contribution < 1.29 is 0 Å². The summed E-state index contributed by atoms with van der Waals surface area (Å²) in [4.78, 5) is 0. The van der Waals surface area contributed by atoms with Crippen LogP contribution in [0.1, 0.15) is 51.8 Å². The molecule has 1 aromatic rings. The minimum absolute atomic E-state index is 0.153. The molecule has 0 saturated carbocycles. The summed E-state index contributed by atoms with van der Waals surface area (Å²) in [5, 5.41) is 0. The second-order valence-electron chi connectivity index (χ2n) is 5.73. The highest BCUT2D eigenvalue weighted by Gasteiger charge is 2.23. The summed E-state index contributed by atoms with van der Waals surface area (Å²) < 4.78 is 0. The van der Waals surface area contributed by atoms with Gasteiger partial charge in [-0.15, -0.1) is 0 Å². The maximum absolute atomic E-state index is 5.67. The summed E-state index contributed by atoms with van der Waals surface area (Å²) in [7, 11) is 0. The Bertz CT molecular complexity index is 337. The van der Waals surface area contributed by atoms with Crippen LogP contribution in [0.4, 0.5) is 0 Å². The molecule has 0 heterocycles. The van der Waals surface area contributed by atoms with Crippen LogP contribution in [0.15, 0.2) is 24.3 Å².